The number of carbonyl (C=O) groups is 4. The average Bonchev–Trinajstić information content (AvgIpc) is 2.78. The zero-order valence-corrected chi connectivity index (χ0v) is 19.6. The van der Waals surface area contributed by atoms with Gasteiger partial charge in [0.25, 0.3) is 5.91 Å². The number of nitrogens with two attached hydrogens (primary N) is 2. The lowest BCUT2D eigenvalue weighted by Crippen LogP contribution is -2.67. The summed E-state index contributed by atoms with van der Waals surface area (Å²) in [6.45, 7) is 1.20. The summed E-state index contributed by atoms with van der Waals surface area (Å²) >= 11 is 0. The molecule has 1 rings (SSSR count). The molecular formula is C21H29F3N6O6. The Kier molecular flexibility index (Phi) is 11.0. The van der Waals surface area contributed by atoms with Crippen LogP contribution in [0.1, 0.15) is 32.3 Å². The first kappa shape index (κ1) is 30.0. The van der Waals surface area contributed by atoms with Gasteiger partial charge in [-0.2, -0.15) is 13.2 Å². The molecule has 0 unspecified atom stereocenters. The monoisotopic (exact) mass is 518 g/mol. The van der Waals surface area contributed by atoms with Crippen LogP contribution in [0, 0.1) is 0 Å². The highest BCUT2D eigenvalue weighted by atomic mass is 19.4. The molecule has 12 nitrogen and oxygen atoms in total. The Bertz CT molecular complexity index is 955. The standard InChI is InChI=1S/C21H29F3N6O6/c1-12(15(31)29-14(16(32)33)9-6-10-27-18(25)26)28-17(34)20(2,21(22,23)24)30-19(35)36-11-13-7-4-3-5-8-13/h3-5,7-8,12,14H,6,9-11H2,1-2H3,(H,28,34)(H,29,31)(H,30,35)(H,32,33)(H4,25,26,27)/t12-,14-,20-/m0/s1. The van der Waals surface area contributed by atoms with Crippen LogP contribution in [-0.2, 0) is 25.7 Å². The van der Waals surface area contributed by atoms with E-state index in [4.69, 9.17) is 16.2 Å². The molecule has 3 atom stereocenters. The number of alkyl halides is 3. The summed E-state index contributed by atoms with van der Waals surface area (Å²) in [6.07, 6.45) is -6.70. The third-order valence-corrected chi connectivity index (χ3v) is 4.89. The van der Waals surface area contributed by atoms with Gasteiger partial charge in [-0.15, -0.1) is 0 Å². The van der Waals surface area contributed by atoms with Gasteiger partial charge in [-0.3, -0.25) is 19.9 Å². The maximum atomic E-state index is 13.7. The van der Waals surface area contributed by atoms with E-state index in [1.165, 1.54) is 5.32 Å². The highest BCUT2D eigenvalue weighted by molar-refractivity contribution is 5.95. The molecule has 1 aromatic rings. The molecule has 15 heteroatoms. The Morgan fingerprint density at radius 1 is 1.11 bits per heavy atom. The second-order valence-corrected chi connectivity index (χ2v) is 7.85. The molecule has 200 valence electrons. The number of aliphatic carboxylic acids is 1. The predicted molar refractivity (Wildman–Crippen MR) is 121 cm³/mol. The number of carboxylic acids is 1. The lowest BCUT2D eigenvalue weighted by Gasteiger charge is -2.32. The van der Waals surface area contributed by atoms with Crippen LogP contribution >= 0.6 is 0 Å². The minimum absolute atomic E-state index is 0.0876. The third kappa shape index (κ3) is 9.31. The van der Waals surface area contributed by atoms with E-state index in [1.54, 1.807) is 30.3 Å². The maximum Gasteiger partial charge on any atom is 0.420 e. The minimum atomic E-state index is -5.27. The molecule has 0 spiro atoms. The SMILES string of the molecule is C[C@H](NC(=O)[C@](C)(NC(=O)OCc1ccccc1)C(F)(F)F)C(=O)N[C@@H](CCCN=C(N)N)C(=O)O. The topological polar surface area (TPSA) is 198 Å². The number of alkyl carbamates (subject to hydrolysis) is 1. The smallest absolute Gasteiger partial charge is 0.420 e. The van der Waals surface area contributed by atoms with Crippen molar-refractivity contribution in [3.8, 4) is 0 Å². The second kappa shape index (κ2) is 13.2. The number of benzene rings is 1. The zero-order valence-electron chi connectivity index (χ0n) is 19.6. The summed E-state index contributed by atoms with van der Waals surface area (Å²) in [7, 11) is 0. The van der Waals surface area contributed by atoms with Gasteiger partial charge in [-0.1, -0.05) is 30.3 Å². The van der Waals surface area contributed by atoms with Crippen LogP contribution in [0.25, 0.3) is 0 Å². The van der Waals surface area contributed by atoms with Gasteiger partial charge in [0.2, 0.25) is 11.4 Å². The second-order valence-electron chi connectivity index (χ2n) is 7.85. The number of carboxylic acid groups (broad SMARTS) is 1. The summed E-state index contributed by atoms with van der Waals surface area (Å²) in [5, 5.41) is 14.7. The largest absolute Gasteiger partial charge is 0.480 e. The number of rotatable bonds is 12. The van der Waals surface area contributed by atoms with Gasteiger partial charge >= 0.3 is 18.2 Å². The normalized spacial score (nSPS) is 14.4. The van der Waals surface area contributed by atoms with Gasteiger partial charge in [-0.25, -0.2) is 9.59 Å². The maximum absolute atomic E-state index is 13.7. The fourth-order valence-electron chi connectivity index (χ4n) is 2.68. The zero-order chi connectivity index (χ0) is 27.5. The molecule has 3 amide bonds. The number of nitrogens with one attached hydrogen (secondary N) is 3. The van der Waals surface area contributed by atoms with E-state index >= 15 is 0 Å². The first-order valence-electron chi connectivity index (χ1n) is 10.6. The van der Waals surface area contributed by atoms with Crippen molar-refractivity contribution in [1.29, 1.82) is 0 Å². The Hall–Kier alpha value is -4.04. The predicted octanol–water partition coefficient (Wildman–Crippen LogP) is 0.362. The van der Waals surface area contributed by atoms with Crippen molar-refractivity contribution >= 4 is 29.8 Å². The van der Waals surface area contributed by atoms with Crippen LogP contribution in [0.2, 0.25) is 0 Å². The quantitative estimate of drug-likeness (QED) is 0.129. The minimum Gasteiger partial charge on any atom is -0.480 e. The number of guanidine groups is 1. The summed E-state index contributed by atoms with van der Waals surface area (Å²) in [4.78, 5) is 51.9. The number of hydrogen-bond acceptors (Lipinski definition) is 6. The van der Waals surface area contributed by atoms with Crippen LogP contribution in [0.5, 0.6) is 0 Å². The van der Waals surface area contributed by atoms with Crippen molar-refractivity contribution < 1.29 is 42.2 Å². The molecule has 0 heterocycles. The summed E-state index contributed by atoms with van der Waals surface area (Å²) < 4.78 is 46.0. The molecule has 8 N–H and O–H groups in total. The van der Waals surface area contributed by atoms with Crippen LogP contribution in [0.4, 0.5) is 18.0 Å². The van der Waals surface area contributed by atoms with Crippen LogP contribution < -0.4 is 27.4 Å². The number of hydrogen-bond donors (Lipinski definition) is 6. The molecule has 0 aliphatic rings. The van der Waals surface area contributed by atoms with E-state index in [1.807, 2.05) is 5.32 Å². The molecule has 0 aliphatic heterocycles. The third-order valence-electron chi connectivity index (χ3n) is 4.89. The number of halogens is 3. The molecule has 0 fully saturated rings. The van der Waals surface area contributed by atoms with Gasteiger partial charge < -0.3 is 31.9 Å². The number of aliphatic imine (C=N–C) groups is 1. The summed E-state index contributed by atoms with van der Waals surface area (Å²) in [5.74, 6) is -4.43. The molecule has 0 bridgehead atoms. The molecule has 1 aromatic carbocycles. The number of carbonyl (C=O) groups excluding carboxylic acids is 3. The van der Waals surface area contributed by atoms with Crippen molar-refractivity contribution in [2.24, 2.45) is 16.5 Å². The van der Waals surface area contributed by atoms with Crippen molar-refractivity contribution in [3.05, 3.63) is 35.9 Å². The molecule has 0 aromatic heterocycles. The number of ether oxygens (including phenoxy) is 1. The fraction of sp³-hybridized carbons (Fsp3) is 0.476. The van der Waals surface area contributed by atoms with Crippen molar-refractivity contribution in [1.82, 2.24) is 16.0 Å². The van der Waals surface area contributed by atoms with Crippen LogP contribution in [0.15, 0.2) is 35.3 Å². The fourth-order valence-corrected chi connectivity index (χ4v) is 2.68. The first-order chi connectivity index (χ1) is 16.7. The van der Waals surface area contributed by atoms with Gasteiger partial charge in [0.1, 0.15) is 18.7 Å². The Balaban J connectivity index is 2.80. The lowest BCUT2D eigenvalue weighted by molar-refractivity contribution is -0.194. The number of amides is 3. The van der Waals surface area contributed by atoms with E-state index in [0.29, 0.717) is 12.5 Å². The van der Waals surface area contributed by atoms with Gasteiger partial charge in [0.15, 0.2) is 5.96 Å². The molecule has 0 saturated carbocycles. The molecule has 0 radical (unpaired) electrons. The molecule has 0 saturated heterocycles. The Morgan fingerprint density at radius 3 is 2.25 bits per heavy atom. The lowest BCUT2D eigenvalue weighted by atomic mass is 10.00. The van der Waals surface area contributed by atoms with E-state index in [-0.39, 0.29) is 32.0 Å². The van der Waals surface area contributed by atoms with Crippen LogP contribution in [-0.4, -0.2) is 65.3 Å². The molecular weight excluding hydrogens is 489 g/mol. The van der Waals surface area contributed by atoms with Crippen molar-refractivity contribution in [3.63, 3.8) is 0 Å². The summed E-state index contributed by atoms with van der Waals surface area (Å²) in [5.41, 5.74) is 7.37. The highest BCUT2D eigenvalue weighted by Crippen LogP contribution is 2.30. The molecule has 36 heavy (non-hydrogen) atoms. The molecule has 0 aliphatic carbocycles. The average molecular weight is 518 g/mol. The van der Waals surface area contributed by atoms with Crippen molar-refractivity contribution in [2.45, 2.75) is 57.1 Å². The number of nitrogens with zero attached hydrogens (tertiary/aromatic N) is 1. The van der Waals surface area contributed by atoms with E-state index in [0.717, 1.165) is 6.92 Å². The Morgan fingerprint density at radius 2 is 1.72 bits per heavy atom. The summed E-state index contributed by atoms with van der Waals surface area (Å²) in [6, 6.07) is 5.12. The van der Waals surface area contributed by atoms with E-state index in [9.17, 15) is 37.5 Å². The van der Waals surface area contributed by atoms with Crippen LogP contribution in [0.3, 0.4) is 0 Å². The van der Waals surface area contributed by atoms with E-state index in [2.05, 4.69) is 10.3 Å². The van der Waals surface area contributed by atoms with E-state index < -0.39 is 47.7 Å². The first-order valence-corrected chi connectivity index (χ1v) is 10.6. The highest BCUT2D eigenvalue weighted by Gasteiger charge is 2.58. The van der Waals surface area contributed by atoms with Crippen molar-refractivity contribution in [2.75, 3.05) is 6.54 Å². The van der Waals surface area contributed by atoms with Gasteiger partial charge in [-0.05, 0) is 32.3 Å². The van der Waals surface area contributed by atoms with Gasteiger partial charge in [0.05, 0.1) is 0 Å². The van der Waals surface area contributed by atoms with Gasteiger partial charge in [0, 0.05) is 6.54 Å². The Labute approximate surface area is 204 Å².